The molecule has 1 aliphatic heterocycles. The van der Waals surface area contributed by atoms with Crippen LogP contribution in [0.25, 0.3) is 0 Å². The van der Waals surface area contributed by atoms with Crippen LogP contribution < -0.4 is 5.73 Å². The molecule has 2 nitrogen and oxygen atoms in total. The minimum atomic E-state index is 0.263. The number of fused-ring (bicyclic) bond motifs is 1. The summed E-state index contributed by atoms with van der Waals surface area (Å²) >= 11 is 0. The van der Waals surface area contributed by atoms with Gasteiger partial charge in [0.25, 0.3) is 0 Å². The van der Waals surface area contributed by atoms with Gasteiger partial charge in [-0.2, -0.15) is 0 Å². The van der Waals surface area contributed by atoms with Gasteiger partial charge in [0.15, 0.2) is 0 Å². The molecule has 1 heterocycles. The molecule has 0 aromatic carbocycles. The van der Waals surface area contributed by atoms with E-state index in [0.717, 1.165) is 30.3 Å². The molecule has 2 fully saturated rings. The van der Waals surface area contributed by atoms with E-state index in [1.165, 1.54) is 51.5 Å². The smallest absolute Gasteiger partial charge is 0.0339 e. The Kier molecular flexibility index (Phi) is 5.53. The molecule has 2 unspecified atom stereocenters. The molecule has 2 atom stereocenters. The molecule has 118 valence electrons. The molecule has 2 rings (SSSR count). The minimum Gasteiger partial charge on any atom is -0.329 e. The first-order chi connectivity index (χ1) is 9.48. The number of nitrogens with two attached hydrogens (primary N) is 1. The Morgan fingerprint density at radius 2 is 1.60 bits per heavy atom. The zero-order valence-corrected chi connectivity index (χ0v) is 14.2. The fourth-order valence-electron chi connectivity index (χ4n) is 5.12. The van der Waals surface area contributed by atoms with Gasteiger partial charge in [0.2, 0.25) is 0 Å². The molecule has 0 bridgehead atoms. The molecular weight excluding hydrogens is 244 g/mol. The van der Waals surface area contributed by atoms with Crippen molar-refractivity contribution < 1.29 is 0 Å². The van der Waals surface area contributed by atoms with Crippen LogP contribution in [-0.2, 0) is 0 Å². The summed E-state index contributed by atoms with van der Waals surface area (Å²) in [5, 5.41) is 0. The highest BCUT2D eigenvalue weighted by Gasteiger charge is 2.46. The molecule has 0 radical (unpaired) electrons. The Hall–Kier alpha value is -0.0800. The van der Waals surface area contributed by atoms with Gasteiger partial charge in [-0.3, -0.25) is 4.90 Å². The minimum absolute atomic E-state index is 0.263. The van der Waals surface area contributed by atoms with Gasteiger partial charge in [-0.15, -0.1) is 0 Å². The first-order valence-corrected chi connectivity index (χ1v) is 8.95. The van der Waals surface area contributed by atoms with Gasteiger partial charge in [0.05, 0.1) is 0 Å². The summed E-state index contributed by atoms with van der Waals surface area (Å²) in [5.74, 6) is 2.44. The lowest BCUT2D eigenvalue weighted by Crippen LogP contribution is -2.58. The number of hydrogen-bond donors (Lipinski definition) is 1. The second-order valence-electron chi connectivity index (χ2n) is 8.22. The van der Waals surface area contributed by atoms with E-state index in [9.17, 15) is 0 Å². The number of likely N-dealkylation sites (tertiary alicyclic amines) is 1. The Morgan fingerprint density at radius 3 is 2.15 bits per heavy atom. The van der Waals surface area contributed by atoms with Gasteiger partial charge in [-0.25, -0.2) is 0 Å². The van der Waals surface area contributed by atoms with E-state index in [2.05, 4.69) is 32.6 Å². The third-order valence-corrected chi connectivity index (χ3v) is 5.58. The van der Waals surface area contributed by atoms with Crippen LogP contribution in [0.5, 0.6) is 0 Å². The van der Waals surface area contributed by atoms with Crippen LogP contribution in [0.3, 0.4) is 0 Å². The summed E-state index contributed by atoms with van der Waals surface area (Å²) < 4.78 is 0. The van der Waals surface area contributed by atoms with E-state index in [0.29, 0.717) is 0 Å². The van der Waals surface area contributed by atoms with Crippen LogP contribution in [0.1, 0.15) is 72.6 Å². The maximum absolute atomic E-state index is 6.36. The SMILES string of the molecule is CC(C)CC(CN)(CC(C)C)N1CCC2CCCCC21. The van der Waals surface area contributed by atoms with Crippen LogP contribution >= 0.6 is 0 Å². The van der Waals surface area contributed by atoms with Crippen LogP contribution in [0.2, 0.25) is 0 Å². The molecule has 1 saturated carbocycles. The quantitative estimate of drug-likeness (QED) is 0.795. The van der Waals surface area contributed by atoms with Crippen molar-refractivity contribution in [3.05, 3.63) is 0 Å². The number of hydrogen-bond acceptors (Lipinski definition) is 2. The molecule has 1 aliphatic carbocycles. The third-order valence-electron chi connectivity index (χ3n) is 5.58. The van der Waals surface area contributed by atoms with E-state index < -0.39 is 0 Å². The summed E-state index contributed by atoms with van der Waals surface area (Å²) in [6, 6.07) is 0.838. The van der Waals surface area contributed by atoms with Crippen molar-refractivity contribution in [3.8, 4) is 0 Å². The zero-order valence-electron chi connectivity index (χ0n) is 14.2. The lowest BCUT2D eigenvalue weighted by molar-refractivity contribution is 0.0231. The monoisotopic (exact) mass is 280 g/mol. The highest BCUT2D eigenvalue weighted by Crippen LogP contribution is 2.43. The van der Waals surface area contributed by atoms with Crippen LogP contribution in [-0.4, -0.2) is 29.6 Å². The van der Waals surface area contributed by atoms with E-state index in [-0.39, 0.29) is 5.54 Å². The number of nitrogens with zero attached hydrogens (tertiary/aromatic N) is 1. The summed E-state index contributed by atoms with van der Waals surface area (Å²) in [5.41, 5.74) is 6.63. The molecule has 0 amide bonds. The van der Waals surface area contributed by atoms with Gasteiger partial charge in [0, 0.05) is 18.1 Å². The summed E-state index contributed by atoms with van der Waals surface area (Å²) in [4.78, 5) is 2.87. The number of rotatable bonds is 6. The molecule has 0 spiro atoms. The van der Waals surface area contributed by atoms with E-state index in [1.54, 1.807) is 0 Å². The fraction of sp³-hybridized carbons (Fsp3) is 1.00. The zero-order chi connectivity index (χ0) is 14.8. The second-order valence-corrected chi connectivity index (χ2v) is 8.22. The van der Waals surface area contributed by atoms with E-state index in [1.807, 2.05) is 0 Å². The van der Waals surface area contributed by atoms with E-state index >= 15 is 0 Å². The largest absolute Gasteiger partial charge is 0.329 e. The van der Waals surface area contributed by atoms with Crippen LogP contribution in [0, 0.1) is 17.8 Å². The summed E-state index contributed by atoms with van der Waals surface area (Å²) in [6.45, 7) is 11.6. The Labute approximate surface area is 126 Å². The first kappa shape index (κ1) is 16.3. The van der Waals surface area contributed by atoms with Gasteiger partial charge >= 0.3 is 0 Å². The average molecular weight is 280 g/mol. The van der Waals surface area contributed by atoms with Crippen molar-refractivity contribution >= 4 is 0 Å². The van der Waals surface area contributed by atoms with Gasteiger partial charge in [-0.1, -0.05) is 40.5 Å². The Balaban J connectivity index is 2.20. The van der Waals surface area contributed by atoms with Crippen LogP contribution in [0.15, 0.2) is 0 Å². The lowest BCUT2D eigenvalue weighted by atomic mass is 9.78. The normalized spacial score (nSPS) is 28.4. The molecule has 20 heavy (non-hydrogen) atoms. The van der Waals surface area contributed by atoms with Crippen LogP contribution in [0.4, 0.5) is 0 Å². The maximum atomic E-state index is 6.36. The maximum Gasteiger partial charge on any atom is 0.0339 e. The van der Waals surface area contributed by atoms with E-state index in [4.69, 9.17) is 5.73 Å². The lowest BCUT2D eigenvalue weighted by Gasteiger charge is -2.48. The Morgan fingerprint density at radius 1 is 1.00 bits per heavy atom. The molecule has 1 saturated heterocycles. The van der Waals surface area contributed by atoms with Crippen molar-refractivity contribution in [2.75, 3.05) is 13.1 Å². The van der Waals surface area contributed by atoms with Crippen molar-refractivity contribution in [1.29, 1.82) is 0 Å². The van der Waals surface area contributed by atoms with Crippen molar-refractivity contribution in [2.45, 2.75) is 84.2 Å². The van der Waals surface area contributed by atoms with Gasteiger partial charge < -0.3 is 5.73 Å². The Bertz CT molecular complexity index is 288. The van der Waals surface area contributed by atoms with Crippen molar-refractivity contribution in [3.63, 3.8) is 0 Å². The molecule has 2 N–H and O–H groups in total. The third kappa shape index (κ3) is 3.39. The molecular formula is C18H36N2. The fourth-order valence-corrected chi connectivity index (χ4v) is 5.12. The van der Waals surface area contributed by atoms with Crippen molar-refractivity contribution in [2.24, 2.45) is 23.5 Å². The highest BCUT2D eigenvalue weighted by atomic mass is 15.3. The molecule has 2 heteroatoms. The average Bonchev–Trinajstić information content (AvgIpc) is 2.81. The summed E-state index contributed by atoms with van der Waals surface area (Å²) in [7, 11) is 0. The van der Waals surface area contributed by atoms with Gasteiger partial charge in [0.1, 0.15) is 0 Å². The second kappa shape index (κ2) is 6.79. The first-order valence-electron chi connectivity index (χ1n) is 8.95. The molecule has 2 aliphatic rings. The predicted octanol–water partition coefficient (Wildman–Crippen LogP) is 4.04. The standard InChI is InChI=1S/C18H36N2/c1-14(2)11-18(13-19,12-15(3)4)20-10-9-16-7-5-6-8-17(16)20/h14-17H,5-13,19H2,1-4H3. The topological polar surface area (TPSA) is 29.3 Å². The highest BCUT2D eigenvalue weighted by molar-refractivity contribution is 5.02. The molecule has 0 aromatic heterocycles. The molecule has 0 aromatic rings. The van der Waals surface area contributed by atoms with Gasteiger partial charge in [-0.05, 0) is 56.4 Å². The summed E-state index contributed by atoms with van der Waals surface area (Å²) in [6.07, 6.45) is 9.73. The predicted molar refractivity (Wildman–Crippen MR) is 87.8 cm³/mol. The van der Waals surface area contributed by atoms with Crippen molar-refractivity contribution in [1.82, 2.24) is 4.90 Å².